The minimum Gasteiger partial charge on any atom is -0.455 e. The second-order valence-electron chi connectivity index (χ2n) is 6.76. The third-order valence-corrected chi connectivity index (χ3v) is 5.00. The van der Waals surface area contributed by atoms with Crippen molar-refractivity contribution >= 4 is 34.9 Å². The molecule has 0 fully saturated rings. The van der Waals surface area contributed by atoms with E-state index in [1.807, 2.05) is 36.4 Å². The molecule has 4 rings (SSSR count). The number of tetrazole rings is 1. The molecule has 0 aliphatic rings. The Kier molecular flexibility index (Phi) is 6.53. The Hall–Kier alpha value is -3.62. The number of carbonyl (C=O) groups is 1. The number of carbonyl (C=O) groups excluding carboxylic acids is 1. The van der Waals surface area contributed by atoms with Gasteiger partial charge in [0.2, 0.25) is 0 Å². The minimum absolute atomic E-state index is 0.375. The highest BCUT2D eigenvalue weighted by Crippen LogP contribution is 2.36. The van der Waals surface area contributed by atoms with Gasteiger partial charge in [-0.3, -0.25) is 0 Å². The fraction of sp³-hybridized carbons (Fsp3) is 0.0909. The average molecular weight is 469 g/mol. The number of anilines is 1. The van der Waals surface area contributed by atoms with Gasteiger partial charge < -0.3 is 15.4 Å². The Bertz CT molecular complexity index is 1230. The summed E-state index contributed by atoms with van der Waals surface area (Å²) in [5, 5.41) is 18.4. The summed E-state index contributed by atoms with van der Waals surface area (Å²) < 4.78 is 7.51. The van der Waals surface area contributed by atoms with E-state index in [2.05, 4.69) is 26.2 Å². The van der Waals surface area contributed by atoms with E-state index in [0.29, 0.717) is 38.6 Å². The van der Waals surface area contributed by atoms with Crippen LogP contribution >= 0.6 is 23.2 Å². The van der Waals surface area contributed by atoms with E-state index in [1.165, 1.54) is 4.68 Å². The van der Waals surface area contributed by atoms with Gasteiger partial charge in [0.15, 0.2) is 5.82 Å². The van der Waals surface area contributed by atoms with Gasteiger partial charge in [-0.1, -0.05) is 53.5 Å². The SMILES string of the molecule is CC(NC(=O)Nc1ccccc1)n1nnnc1-c1ccccc1Oc1ccc(Cl)cc1Cl. The number of hydrogen-bond donors (Lipinski definition) is 2. The Labute approximate surface area is 194 Å². The van der Waals surface area contributed by atoms with Crippen LogP contribution in [0, 0.1) is 0 Å². The number of rotatable bonds is 6. The highest BCUT2D eigenvalue weighted by Gasteiger charge is 2.20. The first-order chi connectivity index (χ1) is 15.5. The molecule has 0 saturated carbocycles. The second kappa shape index (κ2) is 9.67. The van der Waals surface area contributed by atoms with Crippen LogP contribution in [0.2, 0.25) is 10.0 Å². The zero-order valence-electron chi connectivity index (χ0n) is 16.9. The molecule has 1 atom stereocenters. The maximum atomic E-state index is 12.4. The van der Waals surface area contributed by atoms with Gasteiger partial charge in [-0.2, -0.15) is 0 Å². The summed E-state index contributed by atoms with van der Waals surface area (Å²) in [6, 6.07) is 21.0. The van der Waals surface area contributed by atoms with Crippen LogP contribution in [-0.4, -0.2) is 26.2 Å². The van der Waals surface area contributed by atoms with Crippen LogP contribution in [0.4, 0.5) is 10.5 Å². The minimum atomic E-state index is -0.545. The zero-order valence-corrected chi connectivity index (χ0v) is 18.4. The number of halogens is 2. The van der Waals surface area contributed by atoms with Crippen LogP contribution in [-0.2, 0) is 0 Å². The predicted octanol–water partition coefficient (Wildman–Crippen LogP) is 5.78. The first-order valence-corrected chi connectivity index (χ1v) is 10.4. The van der Waals surface area contributed by atoms with Gasteiger partial charge in [0.25, 0.3) is 0 Å². The predicted molar refractivity (Wildman–Crippen MR) is 123 cm³/mol. The van der Waals surface area contributed by atoms with Crippen LogP contribution in [0.1, 0.15) is 13.1 Å². The molecular weight excluding hydrogens is 451 g/mol. The number of aromatic nitrogens is 4. The third-order valence-electron chi connectivity index (χ3n) is 4.47. The molecular formula is C22H18Cl2N6O2. The fourth-order valence-corrected chi connectivity index (χ4v) is 3.44. The smallest absolute Gasteiger partial charge is 0.320 e. The number of urea groups is 1. The van der Waals surface area contributed by atoms with E-state index in [4.69, 9.17) is 27.9 Å². The van der Waals surface area contributed by atoms with Crippen LogP contribution in [0.15, 0.2) is 72.8 Å². The summed E-state index contributed by atoms with van der Waals surface area (Å²) in [5.74, 6) is 1.35. The number of ether oxygens (including phenoxy) is 1. The van der Waals surface area contributed by atoms with Gasteiger partial charge in [0, 0.05) is 10.7 Å². The maximum absolute atomic E-state index is 12.4. The van der Waals surface area contributed by atoms with Crippen LogP contribution in [0.5, 0.6) is 11.5 Å². The van der Waals surface area contributed by atoms with Crippen molar-refractivity contribution in [2.24, 2.45) is 0 Å². The van der Waals surface area contributed by atoms with Crippen molar-refractivity contribution < 1.29 is 9.53 Å². The Morgan fingerprint density at radius 2 is 1.75 bits per heavy atom. The van der Waals surface area contributed by atoms with Crippen molar-refractivity contribution in [2.45, 2.75) is 13.1 Å². The van der Waals surface area contributed by atoms with E-state index in [1.54, 1.807) is 43.3 Å². The normalized spacial score (nSPS) is 11.6. The fourth-order valence-electron chi connectivity index (χ4n) is 2.99. The van der Waals surface area contributed by atoms with Crippen LogP contribution < -0.4 is 15.4 Å². The van der Waals surface area contributed by atoms with Crippen molar-refractivity contribution in [1.29, 1.82) is 0 Å². The molecule has 4 aromatic rings. The molecule has 1 aromatic heterocycles. The molecule has 162 valence electrons. The lowest BCUT2D eigenvalue weighted by Gasteiger charge is -2.17. The summed E-state index contributed by atoms with van der Waals surface area (Å²) in [7, 11) is 0. The molecule has 10 heteroatoms. The molecule has 0 radical (unpaired) electrons. The lowest BCUT2D eigenvalue weighted by Crippen LogP contribution is -2.34. The summed E-state index contributed by atoms with van der Waals surface area (Å²) in [6.07, 6.45) is -0.545. The lowest BCUT2D eigenvalue weighted by atomic mass is 10.2. The molecule has 1 unspecified atom stereocenters. The highest BCUT2D eigenvalue weighted by atomic mass is 35.5. The molecule has 2 N–H and O–H groups in total. The molecule has 1 heterocycles. The Morgan fingerprint density at radius 3 is 2.53 bits per heavy atom. The second-order valence-corrected chi connectivity index (χ2v) is 7.60. The number of nitrogens with zero attached hydrogens (tertiary/aromatic N) is 4. The quantitative estimate of drug-likeness (QED) is 0.374. The van der Waals surface area contributed by atoms with Crippen molar-refractivity contribution in [3.8, 4) is 22.9 Å². The first-order valence-electron chi connectivity index (χ1n) is 9.64. The van der Waals surface area contributed by atoms with E-state index >= 15 is 0 Å². The number of nitrogens with one attached hydrogen (secondary N) is 2. The molecule has 0 spiro atoms. The molecule has 0 bridgehead atoms. The third kappa shape index (κ3) is 4.99. The molecule has 0 aliphatic heterocycles. The summed E-state index contributed by atoms with van der Waals surface area (Å²) in [4.78, 5) is 12.4. The molecule has 3 aromatic carbocycles. The van der Waals surface area contributed by atoms with Gasteiger partial charge in [0.05, 0.1) is 10.6 Å². The van der Waals surface area contributed by atoms with Gasteiger partial charge in [-0.15, -0.1) is 5.10 Å². The monoisotopic (exact) mass is 468 g/mol. The van der Waals surface area contributed by atoms with E-state index in [0.717, 1.165) is 0 Å². The number of benzene rings is 3. The highest BCUT2D eigenvalue weighted by molar-refractivity contribution is 6.35. The Balaban J connectivity index is 1.56. The van der Waals surface area contributed by atoms with Gasteiger partial charge in [0.1, 0.15) is 17.7 Å². The summed E-state index contributed by atoms with van der Waals surface area (Å²) in [6.45, 7) is 1.77. The maximum Gasteiger partial charge on any atom is 0.320 e. The molecule has 32 heavy (non-hydrogen) atoms. The average Bonchev–Trinajstić information content (AvgIpc) is 3.26. The first kappa shape index (κ1) is 21.6. The Morgan fingerprint density at radius 1 is 1.00 bits per heavy atom. The van der Waals surface area contributed by atoms with Crippen molar-refractivity contribution in [3.05, 3.63) is 82.8 Å². The standard InChI is InChI=1S/C22H18Cl2N6O2/c1-14(25-22(31)26-16-7-3-2-4-8-16)30-21(27-28-29-30)17-9-5-6-10-19(17)32-20-12-11-15(23)13-18(20)24/h2-14H,1H3,(H2,25,26,31). The van der Waals surface area contributed by atoms with Crippen LogP contribution in [0.25, 0.3) is 11.4 Å². The number of para-hydroxylation sites is 2. The number of amides is 2. The lowest BCUT2D eigenvalue weighted by molar-refractivity contribution is 0.243. The van der Waals surface area contributed by atoms with Crippen molar-refractivity contribution in [3.63, 3.8) is 0 Å². The molecule has 8 nitrogen and oxygen atoms in total. The summed E-state index contributed by atoms with van der Waals surface area (Å²) >= 11 is 12.2. The zero-order chi connectivity index (χ0) is 22.5. The molecule has 2 amide bonds. The van der Waals surface area contributed by atoms with E-state index in [-0.39, 0.29) is 6.03 Å². The topological polar surface area (TPSA) is 94.0 Å². The van der Waals surface area contributed by atoms with Gasteiger partial charge in [-0.05, 0) is 59.8 Å². The summed E-state index contributed by atoms with van der Waals surface area (Å²) in [5.41, 5.74) is 1.30. The van der Waals surface area contributed by atoms with Crippen LogP contribution in [0.3, 0.4) is 0 Å². The van der Waals surface area contributed by atoms with E-state index in [9.17, 15) is 4.79 Å². The van der Waals surface area contributed by atoms with Gasteiger partial charge in [-0.25, -0.2) is 9.48 Å². The van der Waals surface area contributed by atoms with Crippen molar-refractivity contribution in [1.82, 2.24) is 25.5 Å². The van der Waals surface area contributed by atoms with Gasteiger partial charge >= 0.3 is 6.03 Å². The van der Waals surface area contributed by atoms with E-state index < -0.39 is 6.17 Å². The molecule has 0 aliphatic carbocycles. The largest absolute Gasteiger partial charge is 0.455 e. The molecule has 0 saturated heterocycles. The van der Waals surface area contributed by atoms with Crippen molar-refractivity contribution in [2.75, 3.05) is 5.32 Å². The number of hydrogen-bond acceptors (Lipinski definition) is 5.